The summed E-state index contributed by atoms with van der Waals surface area (Å²) in [5.41, 5.74) is 2.58. The molecule has 0 saturated carbocycles. The lowest BCUT2D eigenvalue weighted by Crippen LogP contribution is -2.47. The SMILES string of the molecule is CCC(=O)NC(Oc1ccc(/C=C2\C(=O)N(c3ccccc3)N=C2C)cc1)C(Cl)(Cl)Cl. The van der Waals surface area contributed by atoms with Crippen LogP contribution in [0.1, 0.15) is 25.8 Å². The molecule has 1 aliphatic rings. The fourth-order valence-electron chi connectivity index (χ4n) is 2.80. The van der Waals surface area contributed by atoms with Crippen molar-refractivity contribution in [2.45, 2.75) is 30.3 Å². The Labute approximate surface area is 195 Å². The Morgan fingerprint density at radius 1 is 1.16 bits per heavy atom. The van der Waals surface area contributed by atoms with Crippen molar-refractivity contribution in [2.24, 2.45) is 5.10 Å². The fraction of sp³-hybridized carbons (Fsp3) is 0.227. The van der Waals surface area contributed by atoms with Crippen LogP contribution in [0.15, 0.2) is 65.3 Å². The number of para-hydroxylation sites is 1. The quantitative estimate of drug-likeness (QED) is 0.355. The summed E-state index contributed by atoms with van der Waals surface area (Å²) in [6, 6.07) is 16.1. The molecule has 2 amide bonds. The van der Waals surface area contributed by atoms with Crippen LogP contribution < -0.4 is 15.1 Å². The number of rotatable bonds is 6. The van der Waals surface area contributed by atoms with Crippen molar-refractivity contribution in [3.05, 3.63) is 65.7 Å². The summed E-state index contributed by atoms with van der Waals surface area (Å²) in [4.78, 5) is 24.5. The molecular weight excluding hydrogens is 461 g/mol. The van der Waals surface area contributed by atoms with E-state index in [-0.39, 0.29) is 18.2 Å². The van der Waals surface area contributed by atoms with Gasteiger partial charge in [-0.05, 0) is 42.8 Å². The molecule has 1 N–H and O–H groups in total. The highest BCUT2D eigenvalue weighted by Crippen LogP contribution is 2.32. The van der Waals surface area contributed by atoms with Crippen molar-refractivity contribution in [1.82, 2.24) is 5.32 Å². The van der Waals surface area contributed by atoms with E-state index in [2.05, 4.69) is 10.4 Å². The molecule has 1 atom stereocenters. The van der Waals surface area contributed by atoms with Crippen LogP contribution >= 0.6 is 34.8 Å². The fourth-order valence-corrected chi connectivity index (χ4v) is 3.10. The second kappa shape index (κ2) is 9.73. The van der Waals surface area contributed by atoms with Crippen LogP contribution in [0.3, 0.4) is 0 Å². The maximum absolute atomic E-state index is 12.8. The second-order valence-electron chi connectivity index (χ2n) is 6.73. The number of benzene rings is 2. The number of alkyl halides is 3. The number of hydrogen-bond acceptors (Lipinski definition) is 4. The first-order chi connectivity index (χ1) is 14.7. The van der Waals surface area contributed by atoms with E-state index >= 15 is 0 Å². The Balaban J connectivity index is 1.75. The van der Waals surface area contributed by atoms with E-state index in [0.29, 0.717) is 22.7 Å². The zero-order valence-electron chi connectivity index (χ0n) is 16.8. The lowest BCUT2D eigenvalue weighted by Gasteiger charge is -2.26. The van der Waals surface area contributed by atoms with E-state index in [1.165, 1.54) is 5.01 Å². The smallest absolute Gasteiger partial charge is 0.280 e. The number of nitrogens with one attached hydrogen (secondary N) is 1. The molecule has 0 aromatic heterocycles. The summed E-state index contributed by atoms with van der Waals surface area (Å²) < 4.78 is 3.80. The predicted molar refractivity (Wildman–Crippen MR) is 125 cm³/mol. The van der Waals surface area contributed by atoms with Gasteiger partial charge >= 0.3 is 0 Å². The predicted octanol–water partition coefficient (Wildman–Crippen LogP) is 5.09. The normalized spacial score (nSPS) is 16.3. The van der Waals surface area contributed by atoms with Gasteiger partial charge in [0.2, 0.25) is 15.9 Å². The molecule has 1 heterocycles. The van der Waals surface area contributed by atoms with Crippen molar-refractivity contribution in [3.63, 3.8) is 0 Å². The molecule has 9 heteroatoms. The molecule has 3 rings (SSSR count). The van der Waals surface area contributed by atoms with Gasteiger partial charge in [-0.3, -0.25) is 9.59 Å². The van der Waals surface area contributed by atoms with Gasteiger partial charge in [-0.15, -0.1) is 0 Å². The number of nitrogens with zero attached hydrogens (tertiary/aromatic N) is 2. The summed E-state index contributed by atoms with van der Waals surface area (Å²) >= 11 is 17.8. The summed E-state index contributed by atoms with van der Waals surface area (Å²) in [7, 11) is 0. The van der Waals surface area contributed by atoms with Crippen molar-refractivity contribution >= 4 is 64.1 Å². The molecular formula is C22H20Cl3N3O3. The lowest BCUT2D eigenvalue weighted by atomic mass is 10.1. The Morgan fingerprint density at radius 2 is 1.81 bits per heavy atom. The number of carbonyl (C=O) groups excluding carboxylic acids is 2. The zero-order chi connectivity index (χ0) is 22.6. The number of anilines is 1. The molecule has 0 radical (unpaired) electrons. The number of halogens is 3. The largest absolute Gasteiger partial charge is 0.466 e. The van der Waals surface area contributed by atoms with Gasteiger partial charge in [-0.2, -0.15) is 10.1 Å². The van der Waals surface area contributed by atoms with Gasteiger partial charge in [0, 0.05) is 6.42 Å². The Hall–Kier alpha value is -2.54. The maximum atomic E-state index is 12.8. The maximum Gasteiger partial charge on any atom is 0.280 e. The van der Waals surface area contributed by atoms with Gasteiger partial charge in [0.1, 0.15) is 5.75 Å². The summed E-state index contributed by atoms with van der Waals surface area (Å²) in [6.07, 6.45) is 0.820. The second-order valence-corrected chi connectivity index (χ2v) is 9.09. The van der Waals surface area contributed by atoms with Crippen LogP contribution in [0.2, 0.25) is 0 Å². The molecule has 0 spiro atoms. The molecule has 1 aliphatic heterocycles. The zero-order valence-corrected chi connectivity index (χ0v) is 19.1. The minimum absolute atomic E-state index is 0.206. The monoisotopic (exact) mass is 479 g/mol. The van der Waals surface area contributed by atoms with Gasteiger partial charge in [-0.25, -0.2) is 0 Å². The van der Waals surface area contributed by atoms with Gasteiger partial charge in [0.05, 0.1) is 17.0 Å². The van der Waals surface area contributed by atoms with Crippen molar-refractivity contribution in [3.8, 4) is 5.75 Å². The molecule has 31 heavy (non-hydrogen) atoms. The van der Waals surface area contributed by atoms with Crippen molar-refractivity contribution < 1.29 is 14.3 Å². The average Bonchev–Trinajstić information content (AvgIpc) is 3.02. The summed E-state index contributed by atoms with van der Waals surface area (Å²) in [6.45, 7) is 3.47. The Kier molecular flexibility index (Phi) is 7.26. The van der Waals surface area contributed by atoms with E-state index in [1.807, 2.05) is 30.3 Å². The molecule has 2 aromatic rings. The van der Waals surface area contributed by atoms with Crippen LogP contribution in [0, 0.1) is 0 Å². The highest BCUT2D eigenvalue weighted by molar-refractivity contribution is 6.68. The number of hydrogen-bond donors (Lipinski definition) is 1. The standard InChI is InChI=1S/C22H20Cl3N3O3/c1-3-19(29)26-21(22(23,24)25)31-17-11-9-15(10-12-17)13-18-14(2)27-28(20(18)30)16-7-5-4-6-8-16/h4-13,21H,3H2,1-2H3,(H,26,29)/b18-13-. The first-order valence-corrected chi connectivity index (χ1v) is 10.6. The van der Waals surface area contributed by atoms with Gasteiger partial charge in [-0.1, -0.05) is 72.1 Å². The number of carbonyl (C=O) groups is 2. The molecule has 2 aromatic carbocycles. The van der Waals surface area contributed by atoms with Crippen LogP contribution in [-0.4, -0.2) is 27.5 Å². The van der Waals surface area contributed by atoms with Crippen LogP contribution in [0.25, 0.3) is 6.08 Å². The highest BCUT2D eigenvalue weighted by Gasteiger charge is 2.36. The molecule has 162 valence electrons. The number of ether oxygens (including phenoxy) is 1. The van der Waals surface area contributed by atoms with E-state index < -0.39 is 10.0 Å². The van der Waals surface area contributed by atoms with E-state index in [4.69, 9.17) is 39.5 Å². The van der Waals surface area contributed by atoms with Crippen molar-refractivity contribution in [2.75, 3.05) is 5.01 Å². The van der Waals surface area contributed by atoms with E-state index in [9.17, 15) is 9.59 Å². The molecule has 0 bridgehead atoms. The van der Waals surface area contributed by atoms with Gasteiger partial charge in [0.25, 0.3) is 5.91 Å². The summed E-state index contributed by atoms with van der Waals surface area (Å²) in [5.74, 6) is -0.123. The van der Waals surface area contributed by atoms with Gasteiger partial charge < -0.3 is 10.1 Å². The molecule has 1 unspecified atom stereocenters. The topological polar surface area (TPSA) is 71.0 Å². The first-order valence-electron chi connectivity index (χ1n) is 9.48. The van der Waals surface area contributed by atoms with E-state index in [1.54, 1.807) is 44.2 Å². The first kappa shape index (κ1) is 23.1. The minimum atomic E-state index is -1.85. The molecule has 0 saturated heterocycles. The van der Waals surface area contributed by atoms with E-state index in [0.717, 1.165) is 5.56 Å². The van der Waals surface area contributed by atoms with Crippen LogP contribution in [-0.2, 0) is 9.59 Å². The minimum Gasteiger partial charge on any atom is -0.466 e. The average molecular weight is 481 g/mol. The van der Waals surface area contributed by atoms with Crippen molar-refractivity contribution in [1.29, 1.82) is 0 Å². The van der Waals surface area contributed by atoms with Crippen LogP contribution in [0.5, 0.6) is 5.75 Å². The number of hydrazone groups is 1. The third-order valence-electron chi connectivity index (χ3n) is 4.42. The van der Waals surface area contributed by atoms with Gasteiger partial charge in [0.15, 0.2) is 0 Å². The Morgan fingerprint density at radius 3 is 2.39 bits per heavy atom. The highest BCUT2D eigenvalue weighted by atomic mass is 35.6. The third-order valence-corrected chi connectivity index (χ3v) is 5.01. The summed E-state index contributed by atoms with van der Waals surface area (Å²) in [5, 5.41) is 8.26. The molecule has 6 nitrogen and oxygen atoms in total. The third kappa shape index (κ3) is 5.79. The lowest BCUT2D eigenvalue weighted by molar-refractivity contribution is -0.123. The van der Waals surface area contributed by atoms with Crippen LogP contribution in [0.4, 0.5) is 5.69 Å². The molecule has 0 aliphatic carbocycles. The number of amides is 2. The molecule has 0 fully saturated rings. The Bertz CT molecular complexity index is 1020.